The molecule has 1 amide bonds. The molecule has 2 bridgehead atoms. The predicted molar refractivity (Wildman–Crippen MR) is 78.5 cm³/mol. The molecule has 1 aromatic rings. The highest BCUT2D eigenvalue weighted by Gasteiger charge is 2.42. The Morgan fingerprint density at radius 2 is 2.05 bits per heavy atom. The Morgan fingerprint density at radius 3 is 2.67 bits per heavy atom. The van der Waals surface area contributed by atoms with E-state index in [1.807, 2.05) is 4.90 Å². The van der Waals surface area contributed by atoms with E-state index in [1.54, 1.807) is 6.07 Å². The first-order chi connectivity index (χ1) is 10.0. The van der Waals surface area contributed by atoms with Gasteiger partial charge in [-0.25, -0.2) is 4.39 Å². The number of carbonyl (C=O) groups is 1. The SMILES string of the molecule is O=C(COc1ccc(Br)cc1F)N1C2CCC1CC(O)C2. The van der Waals surface area contributed by atoms with Gasteiger partial charge in [-0.05, 0) is 43.9 Å². The van der Waals surface area contributed by atoms with Crippen LogP contribution in [0.5, 0.6) is 5.75 Å². The highest BCUT2D eigenvalue weighted by molar-refractivity contribution is 9.10. The fraction of sp³-hybridized carbons (Fsp3) is 0.533. The number of piperidine rings is 1. The Balaban J connectivity index is 1.62. The molecule has 0 radical (unpaired) electrons. The topological polar surface area (TPSA) is 49.8 Å². The van der Waals surface area contributed by atoms with E-state index in [4.69, 9.17) is 4.74 Å². The van der Waals surface area contributed by atoms with Gasteiger partial charge in [0, 0.05) is 16.6 Å². The van der Waals surface area contributed by atoms with E-state index < -0.39 is 5.82 Å². The van der Waals surface area contributed by atoms with Crippen LogP contribution in [0.25, 0.3) is 0 Å². The third-order valence-corrected chi connectivity index (χ3v) is 4.73. The number of hydrogen-bond acceptors (Lipinski definition) is 3. The van der Waals surface area contributed by atoms with Crippen LogP contribution in [0.4, 0.5) is 4.39 Å². The minimum absolute atomic E-state index is 0.0796. The number of halogens is 2. The zero-order chi connectivity index (χ0) is 15.0. The molecule has 0 saturated carbocycles. The minimum Gasteiger partial charge on any atom is -0.481 e. The molecule has 114 valence electrons. The van der Waals surface area contributed by atoms with Gasteiger partial charge in [0.25, 0.3) is 5.91 Å². The van der Waals surface area contributed by atoms with Gasteiger partial charge in [-0.2, -0.15) is 0 Å². The lowest BCUT2D eigenvalue weighted by Crippen LogP contribution is -2.49. The van der Waals surface area contributed by atoms with Crippen LogP contribution in [0.1, 0.15) is 25.7 Å². The summed E-state index contributed by atoms with van der Waals surface area (Å²) in [6.07, 6.45) is 2.82. The van der Waals surface area contributed by atoms with Crippen LogP contribution >= 0.6 is 15.9 Å². The van der Waals surface area contributed by atoms with Crippen molar-refractivity contribution in [2.45, 2.75) is 43.9 Å². The van der Waals surface area contributed by atoms with Crippen molar-refractivity contribution in [1.82, 2.24) is 4.90 Å². The summed E-state index contributed by atoms with van der Waals surface area (Å²) in [6, 6.07) is 4.68. The van der Waals surface area contributed by atoms with Gasteiger partial charge in [0.2, 0.25) is 0 Å². The van der Waals surface area contributed by atoms with E-state index in [0.717, 1.165) is 12.8 Å². The lowest BCUT2D eigenvalue weighted by molar-refractivity contribution is -0.139. The van der Waals surface area contributed by atoms with Gasteiger partial charge in [0.05, 0.1) is 6.10 Å². The van der Waals surface area contributed by atoms with Gasteiger partial charge in [-0.1, -0.05) is 15.9 Å². The number of nitrogens with zero attached hydrogens (tertiary/aromatic N) is 1. The monoisotopic (exact) mass is 357 g/mol. The second-order valence-electron chi connectivity index (χ2n) is 5.67. The van der Waals surface area contributed by atoms with Crippen molar-refractivity contribution < 1.29 is 19.0 Å². The first-order valence-electron chi connectivity index (χ1n) is 7.11. The van der Waals surface area contributed by atoms with E-state index in [0.29, 0.717) is 17.3 Å². The Bertz CT molecular complexity index is 540. The Hall–Kier alpha value is -1.14. The summed E-state index contributed by atoms with van der Waals surface area (Å²) in [6.45, 7) is -0.165. The normalized spacial score (nSPS) is 27.8. The predicted octanol–water partition coefficient (Wildman–Crippen LogP) is 2.48. The van der Waals surface area contributed by atoms with Crippen molar-refractivity contribution in [3.05, 3.63) is 28.5 Å². The number of rotatable bonds is 3. The molecule has 1 N–H and O–H groups in total. The molecule has 2 saturated heterocycles. The summed E-state index contributed by atoms with van der Waals surface area (Å²) in [5.41, 5.74) is 0. The van der Waals surface area contributed by atoms with Crippen LogP contribution in [-0.4, -0.2) is 40.7 Å². The standard InChI is InChI=1S/C15H17BrFNO3/c16-9-1-4-14(13(17)5-9)21-8-15(20)18-10-2-3-11(18)7-12(19)6-10/h1,4-5,10-12,19H,2-3,6-8H2. The molecule has 2 aliphatic heterocycles. The molecule has 21 heavy (non-hydrogen) atoms. The number of benzene rings is 1. The van der Waals surface area contributed by atoms with E-state index in [9.17, 15) is 14.3 Å². The van der Waals surface area contributed by atoms with Crippen LogP contribution in [0.15, 0.2) is 22.7 Å². The molecule has 2 heterocycles. The lowest BCUT2D eigenvalue weighted by Gasteiger charge is -2.37. The van der Waals surface area contributed by atoms with Gasteiger partial charge in [-0.15, -0.1) is 0 Å². The molecule has 2 atom stereocenters. The van der Waals surface area contributed by atoms with Gasteiger partial charge >= 0.3 is 0 Å². The van der Waals surface area contributed by atoms with Crippen LogP contribution in [-0.2, 0) is 4.79 Å². The third-order valence-electron chi connectivity index (χ3n) is 4.24. The summed E-state index contributed by atoms with van der Waals surface area (Å²) in [4.78, 5) is 14.1. The van der Waals surface area contributed by atoms with Crippen LogP contribution in [0.2, 0.25) is 0 Å². The quantitative estimate of drug-likeness (QED) is 0.903. The summed E-state index contributed by atoms with van der Waals surface area (Å²) in [5.74, 6) is -0.540. The number of aliphatic hydroxyl groups excluding tert-OH is 1. The molecular formula is C15H17BrFNO3. The fourth-order valence-electron chi connectivity index (χ4n) is 3.36. The van der Waals surface area contributed by atoms with Crippen molar-refractivity contribution in [2.24, 2.45) is 0 Å². The molecule has 0 aliphatic carbocycles. The molecule has 6 heteroatoms. The lowest BCUT2D eigenvalue weighted by atomic mass is 10.00. The highest BCUT2D eigenvalue weighted by atomic mass is 79.9. The summed E-state index contributed by atoms with van der Waals surface area (Å²) in [5, 5.41) is 9.74. The maximum absolute atomic E-state index is 13.6. The van der Waals surface area contributed by atoms with Crippen molar-refractivity contribution in [2.75, 3.05) is 6.61 Å². The first-order valence-corrected chi connectivity index (χ1v) is 7.91. The second kappa shape index (κ2) is 5.93. The average molecular weight is 358 g/mol. The van der Waals surface area contributed by atoms with Crippen molar-refractivity contribution in [3.8, 4) is 5.75 Å². The molecule has 1 aromatic carbocycles. The number of amides is 1. The van der Waals surface area contributed by atoms with E-state index in [-0.39, 0.29) is 36.5 Å². The number of ether oxygens (including phenoxy) is 1. The largest absolute Gasteiger partial charge is 0.481 e. The van der Waals surface area contributed by atoms with Gasteiger partial charge in [0.15, 0.2) is 18.2 Å². The Labute approximate surface area is 131 Å². The van der Waals surface area contributed by atoms with Crippen molar-refractivity contribution in [1.29, 1.82) is 0 Å². The highest BCUT2D eigenvalue weighted by Crippen LogP contribution is 2.35. The smallest absolute Gasteiger partial charge is 0.261 e. The van der Waals surface area contributed by atoms with Crippen LogP contribution in [0.3, 0.4) is 0 Å². The molecule has 0 spiro atoms. The average Bonchev–Trinajstić information content (AvgIpc) is 2.70. The van der Waals surface area contributed by atoms with Crippen molar-refractivity contribution in [3.63, 3.8) is 0 Å². The van der Waals surface area contributed by atoms with E-state index >= 15 is 0 Å². The Morgan fingerprint density at radius 1 is 1.38 bits per heavy atom. The number of aliphatic hydroxyl groups is 1. The maximum atomic E-state index is 13.6. The molecule has 0 aromatic heterocycles. The molecule has 2 fully saturated rings. The van der Waals surface area contributed by atoms with Crippen LogP contribution in [0, 0.1) is 5.82 Å². The second-order valence-corrected chi connectivity index (χ2v) is 6.59. The van der Waals surface area contributed by atoms with Gasteiger partial charge in [-0.3, -0.25) is 4.79 Å². The molecule has 2 aliphatic rings. The van der Waals surface area contributed by atoms with E-state index in [2.05, 4.69) is 15.9 Å². The summed E-state index contributed by atoms with van der Waals surface area (Å²) >= 11 is 3.17. The minimum atomic E-state index is -0.491. The third kappa shape index (κ3) is 3.06. The number of carbonyl (C=O) groups excluding carboxylic acids is 1. The number of fused-ring (bicyclic) bond motifs is 2. The zero-order valence-corrected chi connectivity index (χ0v) is 13.1. The van der Waals surface area contributed by atoms with Crippen LogP contribution < -0.4 is 4.74 Å². The molecule has 2 unspecified atom stereocenters. The summed E-state index contributed by atoms with van der Waals surface area (Å²) < 4.78 is 19.6. The summed E-state index contributed by atoms with van der Waals surface area (Å²) in [7, 11) is 0. The molecule has 3 rings (SSSR count). The molecular weight excluding hydrogens is 341 g/mol. The van der Waals surface area contributed by atoms with Gasteiger partial charge in [0.1, 0.15) is 0 Å². The van der Waals surface area contributed by atoms with E-state index in [1.165, 1.54) is 12.1 Å². The zero-order valence-electron chi connectivity index (χ0n) is 11.5. The van der Waals surface area contributed by atoms with Gasteiger partial charge < -0.3 is 14.7 Å². The van der Waals surface area contributed by atoms with Crippen molar-refractivity contribution >= 4 is 21.8 Å². The first kappa shape index (κ1) is 14.8. The number of hydrogen-bond donors (Lipinski definition) is 1. The Kier molecular flexibility index (Phi) is 4.17. The fourth-order valence-corrected chi connectivity index (χ4v) is 3.69. The maximum Gasteiger partial charge on any atom is 0.261 e. The molecule has 4 nitrogen and oxygen atoms in total.